The summed E-state index contributed by atoms with van der Waals surface area (Å²) in [5.41, 5.74) is -0.289. The van der Waals surface area contributed by atoms with Crippen LogP contribution >= 0.6 is 11.3 Å². The van der Waals surface area contributed by atoms with Crippen molar-refractivity contribution in [3.05, 3.63) is 38.7 Å². The third-order valence-corrected chi connectivity index (χ3v) is 4.48. The minimum Gasteiger partial charge on any atom is -0.338 e. The quantitative estimate of drug-likeness (QED) is 0.769. The number of carbonyl (C=O) groups is 1. The molecular weight excluding hydrogens is 290 g/mol. The highest BCUT2D eigenvalue weighted by Crippen LogP contribution is 2.17. The molecule has 0 radical (unpaired) electrons. The molecule has 0 unspecified atom stereocenters. The Bertz CT molecular complexity index is 640. The van der Waals surface area contributed by atoms with Crippen LogP contribution in [-0.2, 0) is 6.54 Å². The number of hydrogen-bond donors (Lipinski definition) is 3. The van der Waals surface area contributed by atoms with Gasteiger partial charge in [-0.1, -0.05) is 6.07 Å². The van der Waals surface area contributed by atoms with Crippen molar-refractivity contribution in [2.24, 2.45) is 0 Å². The lowest BCUT2D eigenvalue weighted by Crippen LogP contribution is -2.44. The van der Waals surface area contributed by atoms with Crippen molar-refractivity contribution in [2.45, 2.75) is 25.4 Å². The molecule has 21 heavy (non-hydrogen) atoms. The van der Waals surface area contributed by atoms with Crippen LogP contribution in [0.15, 0.2) is 22.3 Å². The number of carbonyl (C=O) groups excluding carboxylic acids is 1. The normalized spacial score (nSPS) is 16.3. The SMILES string of the molecule is O=C(c1cccs1)N1CCC(NCc2n[nH]c(=O)[nH]2)CC1. The smallest absolute Gasteiger partial charge is 0.338 e. The molecule has 7 nitrogen and oxygen atoms in total. The third-order valence-electron chi connectivity index (χ3n) is 3.62. The van der Waals surface area contributed by atoms with Gasteiger partial charge in [0.25, 0.3) is 5.91 Å². The first kappa shape index (κ1) is 14.0. The lowest BCUT2D eigenvalue weighted by atomic mass is 10.0. The molecular formula is C13H17N5O2S. The van der Waals surface area contributed by atoms with E-state index in [1.165, 1.54) is 11.3 Å². The van der Waals surface area contributed by atoms with E-state index in [-0.39, 0.29) is 11.6 Å². The number of likely N-dealkylation sites (tertiary alicyclic amines) is 1. The minimum atomic E-state index is -0.289. The molecule has 3 heterocycles. The maximum absolute atomic E-state index is 12.2. The molecule has 0 spiro atoms. The average Bonchev–Trinajstić information content (AvgIpc) is 3.16. The number of amides is 1. The number of aromatic amines is 2. The molecule has 8 heteroatoms. The van der Waals surface area contributed by atoms with Crippen molar-refractivity contribution in [2.75, 3.05) is 13.1 Å². The number of piperidine rings is 1. The summed E-state index contributed by atoms with van der Waals surface area (Å²) in [6.07, 6.45) is 1.82. The summed E-state index contributed by atoms with van der Waals surface area (Å²) in [6, 6.07) is 4.11. The van der Waals surface area contributed by atoms with Gasteiger partial charge in [-0.2, -0.15) is 5.10 Å². The highest BCUT2D eigenvalue weighted by atomic mass is 32.1. The summed E-state index contributed by atoms with van der Waals surface area (Å²) in [5.74, 6) is 0.733. The first-order valence-corrected chi connectivity index (χ1v) is 7.80. The maximum Gasteiger partial charge on any atom is 0.340 e. The molecule has 1 aliphatic rings. The second-order valence-corrected chi connectivity index (χ2v) is 6.00. The van der Waals surface area contributed by atoms with E-state index in [0.717, 1.165) is 30.8 Å². The van der Waals surface area contributed by atoms with E-state index in [1.807, 2.05) is 22.4 Å². The molecule has 0 aromatic carbocycles. The summed E-state index contributed by atoms with van der Waals surface area (Å²) in [6.45, 7) is 2.04. The molecule has 0 aliphatic carbocycles. The molecule has 1 fully saturated rings. The zero-order chi connectivity index (χ0) is 14.7. The van der Waals surface area contributed by atoms with Gasteiger partial charge in [-0.25, -0.2) is 9.89 Å². The van der Waals surface area contributed by atoms with Gasteiger partial charge in [0.05, 0.1) is 11.4 Å². The fourth-order valence-electron chi connectivity index (χ4n) is 2.47. The van der Waals surface area contributed by atoms with Gasteiger partial charge in [0.1, 0.15) is 5.82 Å². The van der Waals surface area contributed by atoms with Gasteiger partial charge in [0, 0.05) is 19.1 Å². The van der Waals surface area contributed by atoms with E-state index in [2.05, 4.69) is 20.5 Å². The van der Waals surface area contributed by atoms with Gasteiger partial charge in [0.15, 0.2) is 0 Å². The van der Waals surface area contributed by atoms with Crippen molar-refractivity contribution in [3.8, 4) is 0 Å². The molecule has 112 valence electrons. The van der Waals surface area contributed by atoms with Crippen LogP contribution in [0.2, 0.25) is 0 Å². The molecule has 3 rings (SSSR count). The summed E-state index contributed by atoms with van der Waals surface area (Å²) < 4.78 is 0. The zero-order valence-electron chi connectivity index (χ0n) is 11.5. The Morgan fingerprint density at radius 3 is 2.90 bits per heavy atom. The number of thiophene rings is 1. The third kappa shape index (κ3) is 3.40. The van der Waals surface area contributed by atoms with Crippen LogP contribution in [0, 0.1) is 0 Å². The zero-order valence-corrected chi connectivity index (χ0v) is 12.3. The second-order valence-electron chi connectivity index (χ2n) is 5.05. The van der Waals surface area contributed by atoms with Crippen LogP contribution in [0.3, 0.4) is 0 Å². The van der Waals surface area contributed by atoms with Gasteiger partial charge in [-0.3, -0.25) is 9.78 Å². The molecule has 1 aliphatic heterocycles. The lowest BCUT2D eigenvalue weighted by molar-refractivity contribution is 0.0709. The number of hydrogen-bond acceptors (Lipinski definition) is 5. The van der Waals surface area contributed by atoms with Crippen molar-refractivity contribution in [1.82, 2.24) is 25.4 Å². The van der Waals surface area contributed by atoms with Crippen LogP contribution in [0.25, 0.3) is 0 Å². The largest absolute Gasteiger partial charge is 0.340 e. The van der Waals surface area contributed by atoms with Gasteiger partial charge in [-0.15, -0.1) is 11.3 Å². The molecule has 1 amide bonds. The number of rotatable bonds is 4. The highest BCUT2D eigenvalue weighted by molar-refractivity contribution is 7.12. The van der Waals surface area contributed by atoms with Gasteiger partial charge in [0.2, 0.25) is 0 Å². The Morgan fingerprint density at radius 1 is 1.48 bits per heavy atom. The van der Waals surface area contributed by atoms with E-state index in [9.17, 15) is 9.59 Å². The Morgan fingerprint density at radius 2 is 2.29 bits per heavy atom. The molecule has 3 N–H and O–H groups in total. The number of nitrogens with one attached hydrogen (secondary N) is 3. The number of H-pyrrole nitrogens is 2. The average molecular weight is 307 g/mol. The fraction of sp³-hybridized carbons (Fsp3) is 0.462. The Labute approximate surface area is 125 Å². The molecule has 2 aromatic rings. The van der Waals surface area contributed by atoms with E-state index < -0.39 is 0 Å². The van der Waals surface area contributed by atoms with Crippen molar-refractivity contribution >= 4 is 17.2 Å². The highest BCUT2D eigenvalue weighted by Gasteiger charge is 2.23. The maximum atomic E-state index is 12.2. The number of aromatic nitrogens is 3. The Kier molecular flexibility index (Phi) is 4.16. The summed E-state index contributed by atoms with van der Waals surface area (Å²) >= 11 is 1.48. The lowest BCUT2D eigenvalue weighted by Gasteiger charge is -2.32. The van der Waals surface area contributed by atoms with Crippen LogP contribution in [0.1, 0.15) is 28.3 Å². The first-order valence-electron chi connectivity index (χ1n) is 6.92. The standard InChI is InChI=1S/C13H17N5O2S/c19-12(10-2-1-7-21-10)18-5-3-9(4-6-18)14-8-11-15-13(20)17-16-11/h1-2,7,9,14H,3-6,8H2,(H2,15,16,17,20). The first-order chi connectivity index (χ1) is 10.2. The van der Waals surface area contributed by atoms with Crippen molar-refractivity contribution in [1.29, 1.82) is 0 Å². The molecule has 0 saturated carbocycles. The van der Waals surface area contributed by atoms with E-state index in [4.69, 9.17) is 0 Å². The van der Waals surface area contributed by atoms with Crippen molar-refractivity contribution < 1.29 is 4.79 Å². The van der Waals surface area contributed by atoms with E-state index >= 15 is 0 Å². The molecule has 2 aromatic heterocycles. The second kappa shape index (κ2) is 6.23. The molecule has 1 saturated heterocycles. The van der Waals surface area contributed by atoms with Crippen LogP contribution in [-0.4, -0.2) is 45.1 Å². The Balaban J connectivity index is 1.46. The van der Waals surface area contributed by atoms with Crippen LogP contribution < -0.4 is 11.0 Å². The number of nitrogens with zero attached hydrogens (tertiary/aromatic N) is 2. The summed E-state index contributed by atoms with van der Waals surface area (Å²) in [5, 5.41) is 11.5. The van der Waals surface area contributed by atoms with Gasteiger partial charge in [-0.05, 0) is 24.3 Å². The van der Waals surface area contributed by atoms with E-state index in [0.29, 0.717) is 18.4 Å². The van der Waals surface area contributed by atoms with E-state index in [1.54, 1.807) is 0 Å². The van der Waals surface area contributed by atoms with Crippen molar-refractivity contribution in [3.63, 3.8) is 0 Å². The fourth-order valence-corrected chi connectivity index (χ4v) is 3.16. The predicted molar refractivity (Wildman–Crippen MR) is 79.3 cm³/mol. The summed E-state index contributed by atoms with van der Waals surface area (Å²) in [7, 11) is 0. The van der Waals surface area contributed by atoms with Crippen LogP contribution in [0.5, 0.6) is 0 Å². The van der Waals surface area contributed by atoms with Gasteiger partial charge >= 0.3 is 5.69 Å². The Hall–Kier alpha value is -1.93. The monoisotopic (exact) mass is 307 g/mol. The predicted octanol–water partition coefficient (Wildman–Crippen LogP) is 0.554. The van der Waals surface area contributed by atoms with Crippen LogP contribution in [0.4, 0.5) is 0 Å². The molecule has 0 atom stereocenters. The minimum absolute atomic E-state index is 0.125. The summed E-state index contributed by atoms with van der Waals surface area (Å²) in [4.78, 5) is 28.5. The topological polar surface area (TPSA) is 93.9 Å². The van der Waals surface area contributed by atoms with Gasteiger partial charge < -0.3 is 10.2 Å². The molecule has 0 bridgehead atoms.